The molecule has 7 heteroatoms. The Kier molecular flexibility index (Phi) is 3.95. The molecule has 0 saturated heterocycles. The van der Waals surface area contributed by atoms with Crippen LogP contribution in [0.3, 0.4) is 0 Å². The van der Waals surface area contributed by atoms with Gasteiger partial charge in [0.2, 0.25) is 0 Å². The number of anilines is 1. The van der Waals surface area contributed by atoms with Crippen LogP contribution in [0, 0.1) is 24.0 Å². The highest BCUT2D eigenvalue weighted by atomic mass is 32.2. The van der Waals surface area contributed by atoms with Crippen molar-refractivity contribution in [3.05, 3.63) is 63.7 Å². The van der Waals surface area contributed by atoms with Crippen molar-refractivity contribution in [3.8, 4) is 0 Å². The van der Waals surface area contributed by atoms with E-state index in [2.05, 4.69) is 4.72 Å². The van der Waals surface area contributed by atoms with E-state index < -0.39 is 14.9 Å². The van der Waals surface area contributed by atoms with E-state index in [4.69, 9.17) is 0 Å². The van der Waals surface area contributed by atoms with Gasteiger partial charge < -0.3 is 0 Å². The van der Waals surface area contributed by atoms with E-state index in [1.54, 1.807) is 19.1 Å². The maximum Gasteiger partial charge on any atom is 0.269 e. The summed E-state index contributed by atoms with van der Waals surface area (Å²) >= 11 is 0. The number of hydrogen-bond donors (Lipinski definition) is 1. The zero-order chi connectivity index (χ0) is 15.6. The van der Waals surface area contributed by atoms with E-state index in [0.717, 1.165) is 5.56 Å². The summed E-state index contributed by atoms with van der Waals surface area (Å²) in [5.41, 5.74) is 1.69. The number of nitro groups is 1. The second-order valence-corrected chi connectivity index (χ2v) is 6.36. The third kappa shape index (κ3) is 3.38. The summed E-state index contributed by atoms with van der Waals surface area (Å²) in [6.45, 7) is 3.48. The fourth-order valence-corrected chi connectivity index (χ4v) is 2.93. The number of rotatable bonds is 4. The van der Waals surface area contributed by atoms with E-state index >= 15 is 0 Å². The maximum absolute atomic E-state index is 12.2. The van der Waals surface area contributed by atoms with Gasteiger partial charge in [-0.25, -0.2) is 8.42 Å². The number of nitro benzene ring substituents is 1. The second-order valence-electron chi connectivity index (χ2n) is 4.67. The van der Waals surface area contributed by atoms with Gasteiger partial charge in [0.15, 0.2) is 0 Å². The van der Waals surface area contributed by atoms with Crippen molar-refractivity contribution in [1.82, 2.24) is 0 Å². The Bertz CT molecular complexity index is 783. The van der Waals surface area contributed by atoms with Crippen LogP contribution in [-0.4, -0.2) is 13.3 Å². The van der Waals surface area contributed by atoms with Gasteiger partial charge in [-0.05, 0) is 37.6 Å². The molecular weight excluding hydrogens is 292 g/mol. The summed E-state index contributed by atoms with van der Waals surface area (Å²) in [6.07, 6.45) is 0. The highest BCUT2D eigenvalue weighted by molar-refractivity contribution is 7.92. The number of nitrogens with zero attached hydrogens (tertiary/aromatic N) is 1. The Morgan fingerprint density at radius 2 is 1.67 bits per heavy atom. The lowest BCUT2D eigenvalue weighted by Crippen LogP contribution is -2.13. The first kappa shape index (κ1) is 15.0. The average Bonchev–Trinajstić information content (AvgIpc) is 2.41. The molecule has 21 heavy (non-hydrogen) atoms. The molecule has 0 spiro atoms. The largest absolute Gasteiger partial charge is 0.279 e. The molecule has 0 unspecified atom stereocenters. The first-order valence-corrected chi connectivity index (χ1v) is 7.62. The molecule has 2 aromatic rings. The molecule has 0 bridgehead atoms. The monoisotopic (exact) mass is 306 g/mol. The zero-order valence-corrected chi connectivity index (χ0v) is 12.3. The summed E-state index contributed by atoms with van der Waals surface area (Å²) in [4.78, 5) is 10.3. The number of non-ortho nitro benzene ring substituents is 1. The van der Waals surface area contributed by atoms with Crippen LogP contribution in [0.1, 0.15) is 11.1 Å². The molecule has 2 rings (SSSR count). The molecule has 0 amide bonds. The Morgan fingerprint density at radius 3 is 2.19 bits per heavy atom. The van der Waals surface area contributed by atoms with E-state index in [0.29, 0.717) is 11.3 Å². The lowest BCUT2D eigenvalue weighted by molar-refractivity contribution is -0.384. The molecule has 0 aliphatic heterocycles. The number of aryl methyl sites for hydroxylation is 2. The van der Waals surface area contributed by atoms with E-state index in [9.17, 15) is 18.5 Å². The van der Waals surface area contributed by atoms with Gasteiger partial charge in [-0.2, -0.15) is 0 Å². The van der Waals surface area contributed by atoms with Crippen molar-refractivity contribution >= 4 is 21.4 Å². The molecule has 0 fully saturated rings. The summed E-state index contributed by atoms with van der Waals surface area (Å²) in [5.74, 6) is 0. The third-order valence-corrected chi connectivity index (χ3v) is 4.38. The lowest BCUT2D eigenvalue weighted by Gasteiger charge is -2.10. The van der Waals surface area contributed by atoms with Crippen LogP contribution in [0.4, 0.5) is 11.4 Å². The van der Waals surface area contributed by atoms with Gasteiger partial charge in [0.05, 0.1) is 15.5 Å². The predicted molar refractivity (Wildman–Crippen MR) is 79.8 cm³/mol. The van der Waals surface area contributed by atoms with Crippen molar-refractivity contribution in [1.29, 1.82) is 0 Å². The molecule has 0 aromatic heterocycles. The van der Waals surface area contributed by atoms with Crippen LogP contribution in [0.25, 0.3) is 0 Å². The minimum absolute atomic E-state index is 0.0780. The van der Waals surface area contributed by atoms with Gasteiger partial charge in [-0.1, -0.05) is 17.7 Å². The minimum Gasteiger partial charge on any atom is -0.279 e. The molecule has 0 heterocycles. The van der Waals surface area contributed by atoms with Gasteiger partial charge in [0.25, 0.3) is 15.7 Å². The van der Waals surface area contributed by atoms with E-state index in [1.807, 2.05) is 6.92 Å². The summed E-state index contributed by atoms with van der Waals surface area (Å²) < 4.78 is 26.9. The van der Waals surface area contributed by atoms with Crippen LogP contribution in [0.15, 0.2) is 47.4 Å². The normalized spacial score (nSPS) is 11.1. The second kappa shape index (κ2) is 5.53. The molecule has 0 atom stereocenters. The van der Waals surface area contributed by atoms with E-state index in [1.165, 1.54) is 30.3 Å². The van der Waals surface area contributed by atoms with Gasteiger partial charge in [0, 0.05) is 12.1 Å². The Balaban J connectivity index is 2.32. The van der Waals surface area contributed by atoms with Crippen LogP contribution in [0.2, 0.25) is 0 Å². The standard InChI is InChI=1S/C14H14N2O4S/c1-10-3-6-13(7-4-10)21(19,20)15-14-8-5-12(16(17)18)9-11(14)2/h3-9,15H,1-2H3. The van der Waals surface area contributed by atoms with Gasteiger partial charge in [-0.3, -0.25) is 14.8 Å². The van der Waals surface area contributed by atoms with Crippen LogP contribution >= 0.6 is 0 Å². The minimum atomic E-state index is -3.71. The van der Waals surface area contributed by atoms with Crippen LogP contribution in [0.5, 0.6) is 0 Å². The molecule has 1 N–H and O–H groups in total. The van der Waals surface area contributed by atoms with Gasteiger partial charge in [-0.15, -0.1) is 0 Å². The lowest BCUT2D eigenvalue weighted by atomic mass is 10.2. The number of sulfonamides is 1. The average molecular weight is 306 g/mol. The molecule has 110 valence electrons. The van der Waals surface area contributed by atoms with E-state index in [-0.39, 0.29) is 10.6 Å². The smallest absolute Gasteiger partial charge is 0.269 e. The highest BCUT2D eigenvalue weighted by Crippen LogP contribution is 2.24. The van der Waals surface area contributed by atoms with Crippen molar-refractivity contribution < 1.29 is 13.3 Å². The molecule has 0 saturated carbocycles. The van der Waals surface area contributed by atoms with Gasteiger partial charge >= 0.3 is 0 Å². The van der Waals surface area contributed by atoms with Crippen LogP contribution < -0.4 is 4.72 Å². The maximum atomic E-state index is 12.2. The van der Waals surface area contributed by atoms with Crippen molar-refractivity contribution in [3.63, 3.8) is 0 Å². The van der Waals surface area contributed by atoms with Crippen LogP contribution in [-0.2, 0) is 10.0 Å². The predicted octanol–water partition coefficient (Wildman–Crippen LogP) is 3.01. The first-order chi connectivity index (χ1) is 9.79. The summed E-state index contributed by atoms with van der Waals surface area (Å²) in [7, 11) is -3.71. The molecular formula is C14H14N2O4S. The first-order valence-electron chi connectivity index (χ1n) is 6.14. The third-order valence-electron chi connectivity index (χ3n) is 3.00. The molecule has 0 radical (unpaired) electrons. The fourth-order valence-electron chi connectivity index (χ4n) is 1.80. The van der Waals surface area contributed by atoms with Crippen molar-refractivity contribution in [2.24, 2.45) is 0 Å². The molecule has 6 nitrogen and oxygen atoms in total. The SMILES string of the molecule is Cc1ccc(S(=O)(=O)Nc2ccc([N+](=O)[O-])cc2C)cc1. The topological polar surface area (TPSA) is 89.3 Å². The molecule has 0 aliphatic rings. The summed E-state index contributed by atoms with van der Waals surface area (Å²) in [6, 6.07) is 10.4. The number of nitrogens with one attached hydrogen (secondary N) is 1. The Labute approximate surface area is 122 Å². The number of hydrogen-bond acceptors (Lipinski definition) is 4. The van der Waals surface area contributed by atoms with Crippen molar-refractivity contribution in [2.75, 3.05) is 4.72 Å². The highest BCUT2D eigenvalue weighted by Gasteiger charge is 2.16. The Morgan fingerprint density at radius 1 is 1.05 bits per heavy atom. The molecule has 2 aromatic carbocycles. The number of benzene rings is 2. The van der Waals surface area contributed by atoms with Gasteiger partial charge in [0.1, 0.15) is 0 Å². The molecule has 0 aliphatic carbocycles. The zero-order valence-electron chi connectivity index (χ0n) is 11.5. The summed E-state index contributed by atoms with van der Waals surface area (Å²) in [5, 5.41) is 10.7. The Hall–Kier alpha value is -2.41. The fraction of sp³-hybridized carbons (Fsp3) is 0.143. The quantitative estimate of drug-likeness (QED) is 0.694. The van der Waals surface area contributed by atoms with Crippen molar-refractivity contribution in [2.45, 2.75) is 18.7 Å².